The van der Waals surface area contributed by atoms with Gasteiger partial charge in [0.15, 0.2) is 6.10 Å². The Kier molecular flexibility index (Phi) is 6.49. The van der Waals surface area contributed by atoms with Gasteiger partial charge in [0.2, 0.25) is 10.0 Å². The third-order valence-corrected chi connectivity index (χ3v) is 5.60. The van der Waals surface area contributed by atoms with E-state index in [-0.39, 0.29) is 5.91 Å². The molecule has 2 aromatic rings. The molecule has 6 nitrogen and oxygen atoms in total. The third kappa shape index (κ3) is 5.47. The average Bonchev–Trinajstić information content (AvgIpc) is 2.61. The summed E-state index contributed by atoms with van der Waals surface area (Å²) in [4.78, 5) is 12.6. The second kappa shape index (κ2) is 8.43. The van der Waals surface area contributed by atoms with Gasteiger partial charge in [0, 0.05) is 12.7 Å². The molecular weight excluding hydrogens is 364 g/mol. The van der Waals surface area contributed by atoms with Gasteiger partial charge in [0.05, 0.1) is 11.9 Å². The molecule has 1 N–H and O–H groups in total. The number of sulfonamides is 1. The number of hydrogen-bond donors (Lipinski definition) is 1. The molecule has 0 fully saturated rings. The lowest BCUT2D eigenvalue weighted by molar-refractivity contribution is -0.122. The second-order valence-electron chi connectivity index (χ2n) is 6.53. The van der Waals surface area contributed by atoms with Gasteiger partial charge in [-0.25, -0.2) is 8.42 Å². The van der Waals surface area contributed by atoms with Gasteiger partial charge in [-0.2, -0.15) is 0 Å². The van der Waals surface area contributed by atoms with Crippen LogP contribution in [0.5, 0.6) is 5.75 Å². The molecule has 0 heterocycles. The molecule has 27 heavy (non-hydrogen) atoms. The van der Waals surface area contributed by atoms with Crippen molar-refractivity contribution in [2.24, 2.45) is 0 Å². The number of rotatable bonds is 7. The summed E-state index contributed by atoms with van der Waals surface area (Å²) in [6.07, 6.45) is 0.980. The molecule has 0 aliphatic carbocycles. The van der Waals surface area contributed by atoms with Crippen LogP contribution in [0.25, 0.3) is 0 Å². The largest absolute Gasteiger partial charge is 0.481 e. The summed E-state index contributed by atoms with van der Waals surface area (Å²) in [7, 11) is -1.91. The first kappa shape index (κ1) is 20.8. The van der Waals surface area contributed by atoms with Crippen LogP contribution in [0, 0.1) is 13.8 Å². The summed E-state index contributed by atoms with van der Waals surface area (Å²) in [5.41, 5.74) is 3.24. The summed E-state index contributed by atoms with van der Waals surface area (Å²) in [6.45, 7) is 5.88. The summed E-state index contributed by atoms with van der Waals surface area (Å²) < 4.78 is 30.4. The Balaban J connectivity index is 2.13. The number of nitrogens with one attached hydrogen (secondary N) is 1. The molecular formula is C20H26N2O4S. The number of amides is 1. The number of carbonyl (C=O) groups excluding carboxylic acids is 1. The summed E-state index contributed by atoms with van der Waals surface area (Å²) in [5.74, 6) is 0.362. The maximum Gasteiger partial charge on any atom is 0.265 e. The standard InChI is InChI=1S/C20H26N2O4S/c1-6-19(26-18-11-10-14(2)15(3)12-18)20(23)21-16-8-7-9-17(13-16)22(4)27(5,24)25/h7-13,19H,6H2,1-5H3,(H,21,23)/t19-/m1/s1. The van der Waals surface area contributed by atoms with E-state index in [1.165, 1.54) is 7.05 Å². The van der Waals surface area contributed by atoms with Gasteiger partial charge < -0.3 is 10.1 Å². The number of ether oxygens (including phenoxy) is 1. The van der Waals surface area contributed by atoms with E-state index in [1.807, 2.05) is 39.0 Å². The topological polar surface area (TPSA) is 75.7 Å². The number of nitrogens with zero attached hydrogens (tertiary/aromatic N) is 1. The van der Waals surface area contributed by atoms with Crippen LogP contribution in [0.3, 0.4) is 0 Å². The molecule has 1 amide bonds. The van der Waals surface area contributed by atoms with Crippen LogP contribution in [0.2, 0.25) is 0 Å². The van der Waals surface area contributed by atoms with Crippen molar-refractivity contribution in [3.63, 3.8) is 0 Å². The first-order chi connectivity index (χ1) is 12.6. The van der Waals surface area contributed by atoms with Crippen molar-refractivity contribution in [1.82, 2.24) is 0 Å². The highest BCUT2D eigenvalue weighted by atomic mass is 32.2. The van der Waals surface area contributed by atoms with Gasteiger partial charge in [-0.3, -0.25) is 9.10 Å². The lowest BCUT2D eigenvalue weighted by Gasteiger charge is -2.20. The van der Waals surface area contributed by atoms with Gasteiger partial charge in [-0.1, -0.05) is 19.1 Å². The van der Waals surface area contributed by atoms with Crippen molar-refractivity contribution in [3.05, 3.63) is 53.6 Å². The molecule has 0 unspecified atom stereocenters. The highest BCUT2D eigenvalue weighted by Gasteiger charge is 2.19. The molecule has 2 aromatic carbocycles. The molecule has 0 aromatic heterocycles. The van der Waals surface area contributed by atoms with Crippen LogP contribution >= 0.6 is 0 Å². The fourth-order valence-electron chi connectivity index (χ4n) is 2.47. The molecule has 0 bridgehead atoms. The van der Waals surface area contributed by atoms with Crippen molar-refractivity contribution in [3.8, 4) is 5.75 Å². The summed E-state index contributed by atoms with van der Waals surface area (Å²) in [5, 5.41) is 2.80. The van der Waals surface area contributed by atoms with Crippen molar-refractivity contribution < 1.29 is 17.9 Å². The van der Waals surface area contributed by atoms with Crippen LogP contribution in [0.4, 0.5) is 11.4 Å². The minimum atomic E-state index is -3.37. The zero-order valence-corrected chi connectivity index (χ0v) is 17.1. The maximum atomic E-state index is 12.6. The smallest absolute Gasteiger partial charge is 0.265 e. The van der Waals surface area contributed by atoms with Crippen molar-refractivity contribution in [2.45, 2.75) is 33.3 Å². The molecule has 0 saturated carbocycles. The predicted molar refractivity (Wildman–Crippen MR) is 109 cm³/mol. The molecule has 146 valence electrons. The minimum absolute atomic E-state index is 0.283. The number of anilines is 2. The molecule has 0 aliphatic heterocycles. The molecule has 0 radical (unpaired) electrons. The van der Waals surface area contributed by atoms with Crippen LogP contribution in [0.1, 0.15) is 24.5 Å². The van der Waals surface area contributed by atoms with E-state index in [2.05, 4.69) is 5.32 Å². The first-order valence-corrected chi connectivity index (χ1v) is 10.6. The molecule has 2 rings (SSSR count). The van der Waals surface area contributed by atoms with E-state index in [4.69, 9.17) is 4.74 Å². The Labute approximate surface area is 161 Å². The first-order valence-electron chi connectivity index (χ1n) is 8.70. The lowest BCUT2D eigenvalue weighted by atomic mass is 10.1. The molecule has 7 heteroatoms. The monoisotopic (exact) mass is 390 g/mol. The highest BCUT2D eigenvalue weighted by molar-refractivity contribution is 7.92. The maximum absolute atomic E-state index is 12.6. The Morgan fingerprint density at radius 2 is 1.85 bits per heavy atom. The Morgan fingerprint density at radius 1 is 1.15 bits per heavy atom. The number of carbonyl (C=O) groups is 1. The quantitative estimate of drug-likeness (QED) is 0.785. The second-order valence-corrected chi connectivity index (χ2v) is 8.54. The number of aryl methyl sites for hydroxylation is 2. The average molecular weight is 391 g/mol. The van der Waals surface area contributed by atoms with Crippen LogP contribution in [0.15, 0.2) is 42.5 Å². The lowest BCUT2D eigenvalue weighted by Crippen LogP contribution is -2.32. The zero-order valence-electron chi connectivity index (χ0n) is 16.3. The number of benzene rings is 2. The van der Waals surface area contributed by atoms with E-state index in [0.29, 0.717) is 23.5 Å². The van der Waals surface area contributed by atoms with Crippen LogP contribution in [-0.2, 0) is 14.8 Å². The fourth-order valence-corrected chi connectivity index (χ4v) is 2.96. The van der Waals surface area contributed by atoms with Gasteiger partial charge >= 0.3 is 0 Å². The van der Waals surface area contributed by atoms with Gasteiger partial charge in [-0.15, -0.1) is 0 Å². The Morgan fingerprint density at radius 3 is 2.44 bits per heavy atom. The highest BCUT2D eigenvalue weighted by Crippen LogP contribution is 2.22. The van der Waals surface area contributed by atoms with Crippen molar-refractivity contribution in [1.29, 1.82) is 0 Å². The Bertz CT molecular complexity index is 925. The zero-order chi connectivity index (χ0) is 20.2. The SMILES string of the molecule is CC[C@@H](Oc1ccc(C)c(C)c1)C(=O)Nc1cccc(N(C)S(C)(=O)=O)c1. The van der Waals surface area contributed by atoms with E-state index in [9.17, 15) is 13.2 Å². The van der Waals surface area contributed by atoms with E-state index in [0.717, 1.165) is 21.7 Å². The van der Waals surface area contributed by atoms with Gasteiger partial charge in [0.1, 0.15) is 5.75 Å². The fraction of sp³-hybridized carbons (Fsp3) is 0.350. The summed E-state index contributed by atoms with van der Waals surface area (Å²) in [6, 6.07) is 12.4. The van der Waals surface area contributed by atoms with E-state index < -0.39 is 16.1 Å². The van der Waals surface area contributed by atoms with Gasteiger partial charge in [0.25, 0.3) is 5.91 Å². The molecule has 1 atom stereocenters. The molecule has 0 spiro atoms. The Hall–Kier alpha value is -2.54. The third-order valence-electron chi connectivity index (χ3n) is 4.39. The van der Waals surface area contributed by atoms with Crippen LogP contribution < -0.4 is 14.4 Å². The van der Waals surface area contributed by atoms with Gasteiger partial charge in [-0.05, 0) is 61.7 Å². The summed E-state index contributed by atoms with van der Waals surface area (Å²) >= 11 is 0. The minimum Gasteiger partial charge on any atom is -0.481 e. The van der Waals surface area contributed by atoms with Crippen molar-refractivity contribution in [2.75, 3.05) is 22.9 Å². The van der Waals surface area contributed by atoms with Crippen molar-refractivity contribution >= 4 is 27.3 Å². The van der Waals surface area contributed by atoms with Crippen LogP contribution in [-0.4, -0.2) is 33.7 Å². The molecule has 0 saturated heterocycles. The number of hydrogen-bond acceptors (Lipinski definition) is 4. The van der Waals surface area contributed by atoms with E-state index >= 15 is 0 Å². The molecule has 0 aliphatic rings. The predicted octanol–water partition coefficient (Wildman–Crippen LogP) is 3.50. The van der Waals surface area contributed by atoms with E-state index in [1.54, 1.807) is 24.3 Å². The normalized spacial score (nSPS) is 12.3.